The maximum Gasteiger partial charge on any atom is 0.264 e. The molecule has 7 heteroatoms. The Balaban J connectivity index is 1.94. The molecule has 0 radical (unpaired) electrons. The predicted octanol–water partition coefficient (Wildman–Crippen LogP) is 5.35. The van der Waals surface area contributed by atoms with Crippen molar-refractivity contribution >= 4 is 11.0 Å². The Hall–Kier alpha value is -3.48. The molecular formula is C22H19F2N3O2. The molecule has 29 heavy (non-hydrogen) atoms. The highest BCUT2D eigenvalue weighted by molar-refractivity contribution is 5.86. The van der Waals surface area contributed by atoms with E-state index in [1.807, 2.05) is 12.1 Å². The molecule has 148 valence electrons. The van der Waals surface area contributed by atoms with Crippen LogP contribution in [0.25, 0.3) is 28.0 Å². The Morgan fingerprint density at radius 3 is 2.03 bits per heavy atom. The van der Waals surface area contributed by atoms with Crippen LogP contribution in [0.1, 0.15) is 17.7 Å². The molecule has 0 spiro atoms. The van der Waals surface area contributed by atoms with E-state index in [1.165, 1.54) is 6.07 Å². The topological polar surface area (TPSA) is 49.2 Å². The summed E-state index contributed by atoms with van der Waals surface area (Å²) in [7, 11) is 3.16. The van der Waals surface area contributed by atoms with E-state index in [0.29, 0.717) is 39.6 Å². The van der Waals surface area contributed by atoms with Gasteiger partial charge < -0.3 is 9.47 Å². The quantitative estimate of drug-likeness (QED) is 0.457. The van der Waals surface area contributed by atoms with Gasteiger partial charge in [-0.2, -0.15) is 5.10 Å². The number of methoxy groups -OCH3 is 2. The molecule has 2 aromatic carbocycles. The summed E-state index contributed by atoms with van der Waals surface area (Å²) in [4.78, 5) is 4.68. The molecule has 0 bridgehead atoms. The molecule has 5 nitrogen and oxygen atoms in total. The van der Waals surface area contributed by atoms with Gasteiger partial charge in [-0.25, -0.2) is 18.4 Å². The van der Waals surface area contributed by atoms with Crippen molar-refractivity contribution in [1.29, 1.82) is 0 Å². The van der Waals surface area contributed by atoms with Gasteiger partial charge >= 0.3 is 0 Å². The monoisotopic (exact) mass is 395 g/mol. The van der Waals surface area contributed by atoms with Crippen molar-refractivity contribution in [3.63, 3.8) is 0 Å². The summed E-state index contributed by atoms with van der Waals surface area (Å²) in [6.45, 7) is 1.71. The first-order chi connectivity index (χ1) is 14.0. The Morgan fingerprint density at radius 2 is 1.48 bits per heavy atom. The van der Waals surface area contributed by atoms with Crippen molar-refractivity contribution in [2.75, 3.05) is 14.2 Å². The standard InChI is InChI=1S/C22H19F2N3O2/c1-13-20-18(21(23)24)12-19(14-4-8-16(28-2)9-5-14)25-22(20)27(26-13)15-6-10-17(29-3)11-7-15/h4-12,21H,1-3H3. The molecule has 4 rings (SSSR count). The Labute approximate surface area is 166 Å². The number of aromatic nitrogens is 3. The molecule has 0 aliphatic carbocycles. The molecule has 0 N–H and O–H groups in total. The number of ether oxygens (including phenoxy) is 2. The van der Waals surface area contributed by atoms with Crippen molar-refractivity contribution in [3.05, 3.63) is 65.9 Å². The van der Waals surface area contributed by atoms with Gasteiger partial charge in [0.1, 0.15) is 11.5 Å². The van der Waals surface area contributed by atoms with E-state index < -0.39 is 6.43 Å². The maximum absolute atomic E-state index is 13.9. The zero-order chi connectivity index (χ0) is 20.5. The molecule has 0 aliphatic rings. The molecule has 0 saturated carbocycles. The molecule has 0 fully saturated rings. The van der Waals surface area contributed by atoms with E-state index in [-0.39, 0.29) is 5.56 Å². The number of fused-ring (bicyclic) bond motifs is 1. The number of hydrogen-bond donors (Lipinski definition) is 0. The lowest BCUT2D eigenvalue weighted by Gasteiger charge is -2.10. The SMILES string of the molecule is COc1ccc(-c2cc(C(F)F)c3c(C)nn(-c4ccc(OC)cc4)c3n2)cc1. The van der Waals surface area contributed by atoms with Crippen LogP contribution in [0.2, 0.25) is 0 Å². The van der Waals surface area contributed by atoms with E-state index in [1.54, 1.807) is 62.2 Å². The van der Waals surface area contributed by atoms with Gasteiger partial charge in [-0.15, -0.1) is 0 Å². The fourth-order valence-corrected chi connectivity index (χ4v) is 3.31. The van der Waals surface area contributed by atoms with Crippen molar-refractivity contribution in [1.82, 2.24) is 14.8 Å². The fourth-order valence-electron chi connectivity index (χ4n) is 3.31. The third-order valence-electron chi connectivity index (χ3n) is 4.78. The highest BCUT2D eigenvalue weighted by Gasteiger charge is 2.21. The van der Waals surface area contributed by atoms with Crippen LogP contribution < -0.4 is 9.47 Å². The second kappa shape index (κ2) is 7.50. The number of halogens is 2. The lowest BCUT2D eigenvalue weighted by atomic mass is 10.1. The molecule has 0 atom stereocenters. The van der Waals surface area contributed by atoms with Crippen LogP contribution in [-0.2, 0) is 0 Å². The van der Waals surface area contributed by atoms with Crippen LogP contribution in [0.5, 0.6) is 11.5 Å². The average molecular weight is 395 g/mol. The average Bonchev–Trinajstić information content (AvgIpc) is 3.09. The van der Waals surface area contributed by atoms with Crippen molar-refractivity contribution in [3.8, 4) is 28.4 Å². The van der Waals surface area contributed by atoms with E-state index in [2.05, 4.69) is 10.1 Å². The Bertz CT molecular complexity index is 1150. The number of pyridine rings is 1. The normalized spacial score (nSPS) is 11.2. The third kappa shape index (κ3) is 3.40. The van der Waals surface area contributed by atoms with Crippen molar-refractivity contribution in [2.45, 2.75) is 13.3 Å². The lowest BCUT2D eigenvalue weighted by molar-refractivity contribution is 0.153. The summed E-state index contributed by atoms with van der Waals surface area (Å²) in [6, 6.07) is 15.8. The second-order valence-corrected chi connectivity index (χ2v) is 6.52. The van der Waals surface area contributed by atoms with Crippen LogP contribution in [-0.4, -0.2) is 29.0 Å². The number of alkyl halides is 2. The highest BCUT2D eigenvalue weighted by atomic mass is 19.3. The zero-order valence-corrected chi connectivity index (χ0v) is 16.2. The number of aryl methyl sites for hydroxylation is 1. The van der Waals surface area contributed by atoms with Gasteiger partial charge in [-0.1, -0.05) is 0 Å². The molecule has 0 saturated heterocycles. The Morgan fingerprint density at radius 1 is 0.897 bits per heavy atom. The van der Waals surface area contributed by atoms with Gasteiger partial charge in [0, 0.05) is 11.1 Å². The third-order valence-corrected chi connectivity index (χ3v) is 4.78. The molecule has 2 aromatic heterocycles. The molecular weight excluding hydrogens is 376 g/mol. The molecule has 0 amide bonds. The zero-order valence-electron chi connectivity index (χ0n) is 16.2. The van der Waals surface area contributed by atoms with E-state index in [9.17, 15) is 8.78 Å². The summed E-state index contributed by atoms with van der Waals surface area (Å²) >= 11 is 0. The highest BCUT2D eigenvalue weighted by Crippen LogP contribution is 2.34. The molecule has 2 heterocycles. The number of nitrogens with zero attached hydrogens (tertiary/aromatic N) is 3. The predicted molar refractivity (Wildman–Crippen MR) is 107 cm³/mol. The van der Waals surface area contributed by atoms with E-state index >= 15 is 0 Å². The lowest BCUT2D eigenvalue weighted by Crippen LogP contribution is -2.00. The summed E-state index contributed by atoms with van der Waals surface area (Å²) in [5, 5.41) is 4.85. The van der Waals surface area contributed by atoms with Crippen LogP contribution in [0.15, 0.2) is 54.6 Å². The Kier molecular flexibility index (Phi) is 4.88. The van der Waals surface area contributed by atoms with Crippen LogP contribution in [0.4, 0.5) is 8.78 Å². The maximum atomic E-state index is 13.9. The van der Waals surface area contributed by atoms with E-state index in [4.69, 9.17) is 9.47 Å². The van der Waals surface area contributed by atoms with Gasteiger partial charge in [0.15, 0.2) is 5.65 Å². The minimum atomic E-state index is -2.65. The largest absolute Gasteiger partial charge is 0.497 e. The van der Waals surface area contributed by atoms with Gasteiger partial charge in [0.2, 0.25) is 0 Å². The minimum Gasteiger partial charge on any atom is -0.497 e. The second-order valence-electron chi connectivity index (χ2n) is 6.52. The van der Waals surface area contributed by atoms with Gasteiger partial charge in [-0.05, 0) is 61.5 Å². The van der Waals surface area contributed by atoms with E-state index in [0.717, 1.165) is 5.56 Å². The first-order valence-electron chi connectivity index (χ1n) is 8.99. The number of rotatable bonds is 5. The van der Waals surface area contributed by atoms with Crippen LogP contribution >= 0.6 is 0 Å². The van der Waals surface area contributed by atoms with Gasteiger partial charge in [0.25, 0.3) is 6.43 Å². The first-order valence-corrected chi connectivity index (χ1v) is 8.99. The number of benzene rings is 2. The summed E-state index contributed by atoms with van der Waals surface area (Å²) < 4.78 is 39.7. The first kappa shape index (κ1) is 18.9. The summed E-state index contributed by atoms with van der Waals surface area (Å²) in [5.74, 6) is 1.38. The smallest absolute Gasteiger partial charge is 0.264 e. The van der Waals surface area contributed by atoms with Crippen molar-refractivity contribution < 1.29 is 18.3 Å². The van der Waals surface area contributed by atoms with Crippen molar-refractivity contribution in [2.24, 2.45) is 0 Å². The summed E-state index contributed by atoms with van der Waals surface area (Å²) in [5.41, 5.74) is 2.68. The number of hydrogen-bond acceptors (Lipinski definition) is 4. The van der Waals surface area contributed by atoms with Gasteiger partial charge in [-0.3, -0.25) is 0 Å². The minimum absolute atomic E-state index is 0.0851. The van der Waals surface area contributed by atoms with Crippen LogP contribution in [0.3, 0.4) is 0 Å². The molecule has 0 unspecified atom stereocenters. The summed E-state index contributed by atoms with van der Waals surface area (Å²) in [6.07, 6.45) is -2.65. The molecule has 0 aliphatic heterocycles. The van der Waals surface area contributed by atoms with Crippen LogP contribution in [0, 0.1) is 6.92 Å². The fraction of sp³-hybridized carbons (Fsp3) is 0.182. The molecule has 4 aromatic rings. The van der Waals surface area contributed by atoms with Gasteiger partial charge in [0.05, 0.1) is 36.7 Å².